The molecule has 1 aromatic carbocycles. The zero-order valence-corrected chi connectivity index (χ0v) is 13.3. The van der Waals surface area contributed by atoms with Gasteiger partial charge in [-0.15, -0.1) is 0 Å². The fourth-order valence-electron chi connectivity index (χ4n) is 3.76. The Morgan fingerprint density at radius 1 is 1.24 bits per heavy atom. The Morgan fingerprint density at radius 2 is 2.10 bits per heavy atom. The smallest absolute Gasteiger partial charge is 0.0590 e. The molecule has 1 saturated carbocycles. The van der Waals surface area contributed by atoms with E-state index < -0.39 is 0 Å². The van der Waals surface area contributed by atoms with Gasteiger partial charge in [0.05, 0.1) is 6.10 Å². The minimum absolute atomic E-state index is 0.491. The first kappa shape index (κ1) is 15.1. The zero-order valence-electron chi connectivity index (χ0n) is 13.3. The van der Waals surface area contributed by atoms with E-state index in [1.54, 1.807) is 0 Å². The predicted molar refractivity (Wildman–Crippen MR) is 87.6 cm³/mol. The lowest BCUT2D eigenvalue weighted by atomic mass is 9.96. The van der Waals surface area contributed by atoms with E-state index in [0.29, 0.717) is 12.1 Å². The molecule has 0 spiro atoms. The highest BCUT2D eigenvalue weighted by Crippen LogP contribution is 2.50. The van der Waals surface area contributed by atoms with Gasteiger partial charge in [-0.3, -0.25) is 0 Å². The molecular formula is C19H29NO. The van der Waals surface area contributed by atoms with Crippen molar-refractivity contribution in [3.63, 3.8) is 0 Å². The molecule has 3 rings (SSSR count). The molecule has 2 nitrogen and oxygen atoms in total. The maximum Gasteiger partial charge on any atom is 0.0590 e. The molecule has 2 aliphatic rings. The maximum absolute atomic E-state index is 5.97. The monoisotopic (exact) mass is 287 g/mol. The van der Waals surface area contributed by atoms with Gasteiger partial charge in [-0.25, -0.2) is 0 Å². The maximum atomic E-state index is 5.97. The summed E-state index contributed by atoms with van der Waals surface area (Å²) >= 11 is 0. The first-order chi connectivity index (χ1) is 10.4. The van der Waals surface area contributed by atoms with Crippen molar-refractivity contribution in [1.82, 2.24) is 5.32 Å². The largest absolute Gasteiger partial charge is 0.378 e. The quantitative estimate of drug-likeness (QED) is 0.814. The van der Waals surface area contributed by atoms with Crippen LogP contribution in [0.3, 0.4) is 0 Å². The SMILES string of the molecule is CCCNC(CC1CCCCO1)C1CC1c1ccccc1. The van der Waals surface area contributed by atoms with Gasteiger partial charge in [0.15, 0.2) is 0 Å². The van der Waals surface area contributed by atoms with E-state index in [0.717, 1.165) is 25.0 Å². The molecule has 0 aromatic heterocycles. The van der Waals surface area contributed by atoms with Gasteiger partial charge in [0.25, 0.3) is 0 Å². The van der Waals surface area contributed by atoms with Crippen LogP contribution in [-0.2, 0) is 4.74 Å². The summed E-state index contributed by atoms with van der Waals surface area (Å²) in [7, 11) is 0. The highest BCUT2D eigenvalue weighted by atomic mass is 16.5. The van der Waals surface area contributed by atoms with Crippen LogP contribution in [-0.4, -0.2) is 25.3 Å². The van der Waals surface area contributed by atoms with Gasteiger partial charge in [-0.2, -0.15) is 0 Å². The molecule has 1 saturated heterocycles. The van der Waals surface area contributed by atoms with Crippen molar-refractivity contribution in [2.75, 3.05) is 13.2 Å². The summed E-state index contributed by atoms with van der Waals surface area (Å²) in [6, 6.07) is 11.7. The lowest BCUT2D eigenvalue weighted by Gasteiger charge is -2.28. The number of benzene rings is 1. The second-order valence-corrected chi connectivity index (χ2v) is 6.70. The number of nitrogens with one attached hydrogen (secondary N) is 1. The molecule has 1 aliphatic carbocycles. The van der Waals surface area contributed by atoms with Crippen LogP contribution >= 0.6 is 0 Å². The summed E-state index contributed by atoms with van der Waals surface area (Å²) in [6.07, 6.45) is 8.10. The third-order valence-corrected chi connectivity index (χ3v) is 5.03. The molecule has 116 valence electrons. The molecule has 2 fully saturated rings. The van der Waals surface area contributed by atoms with E-state index in [4.69, 9.17) is 4.74 Å². The van der Waals surface area contributed by atoms with Gasteiger partial charge >= 0.3 is 0 Å². The Bertz CT molecular complexity index is 413. The van der Waals surface area contributed by atoms with Gasteiger partial charge in [0.2, 0.25) is 0 Å². The number of ether oxygens (including phenoxy) is 1. The van der Waals surface area contributed by atoms with Crippen molar-refractivity contribution in [1.29, 1.82) is 0 Å². The molecule has 0 amide bonds. The Balaban J connectivity index is 1.57. The Labute approximate surface area is 129 Å². The molecule has 2 heteroatoms. The Kier molecular flexibility index (Phi) is 5.32. The fourth-order valence-corrected chi connectivity index (χ4v) is 3.76. The molecule has 1 aromatic rings. The second kappa shape index (κ2) is 7.42. The first-order valence-corrected chi connectivity index (χ1v) is 8.78. The molecule has 4 unspecified atom stereocenters. The lowest BCUT2D eigenvalue weighted by Crippen LogP contribution is -2.37. The Hall–Kier alpha value is -0.860. The highest BCUT2D eigenvalue weighted by molar-refractivity contribution is 5.26. The predicted octanol–water partition coefficient (Wildman–Crippen LogP) is 4.12. The van der Waals surface area contributed by atoms with Crippen LogP contribution in [0.5, 0.6) is 0 Å². The molecule has 1 N–H and O–H groups in total. The third kappa shape index (κ3) is 4.08. The van der Waals surface area contributed by atoms with Crippen LogP contribution < -0.4 is 5.32 Å². The van der Waals surface area contributed by atoms with Crippen molar-refractivity contribution in [2.24, 2.45) is 5.92 Å². The number of hydrogen-bond donors (Lipinski definition) is 1. The molecule has 21 heavy (non-hydrogen) atoms. The molecule has 4 atom stereocenters. The minimum atomic E-state index is 0.491. The van der Waals surface area contributed by atoms with Gasteiger partial charge in [-0.1, -0.05) is 37.3 Å². The average Bonchev–Trinajstić information content (AvgIpc) is 3.34. The fraction of sp³-hybridized carbons (Fsp3) is 0.684. The summed E-state index contributed by atoms with van der Waals surface area (Å²) in [5.74, 6) is 1.58. The van der Waals surface area contributed by atoms with E-state index in [1.165, 1.54) is 44.1 Å². The van der Waals surface area contributed by atoms with E-state index in [-0.39, 0.29) is 0 Å². The third-order valence-electron chi connectivity index (χ3n) is 5.03. The van der Waals surface area contributed by atoms with Crippen LogP contribution in [0.25, 0.3) is 0 Å². The van der Waals surface area contributed by atoms with Crippen molar-refractivity contribution in [3.8, 4) is 0 Å². The van der Waals surface area contributed by atoms with Crippen LogP contribution in [0, 0.1) is 5.92 Å². The van der Waals surface area contributed by atoms with Crippen molar-refractivity contribution in [3.05, 3.63) is 35.9 Å². The van der Waals surface area contributed by atoms with Crippen LogP contribution in [0.1, 0.15) is 56.9 Å². The lowest BCUT2D eigenvalue weighted by molar-refractivity contribution is 0.00370. The van der Waals surface area contributed by atoms with Gasteiger partial charge in [0.1, 0.15) is 0 Å². The first-order valence-electron chi connectivity index (χ1n) is 8.78. The van der Waals surface area contributed by atoms with Crippen molar-refractivity contribution < 1.29 is 4.74 Å². The van der Waals surface area contributed by atoms with Crippen molar-refractivity contribution in [2.45, 2.75) is 63.5 Å². The molecule has 0 bridgehead atoms. The standard InChI is InChI=1S/C19H29NO/c1-2-11-20-19(13-16-10-6-7-12-21-16)18-14-17(18)15-8-4-3-5-9-15/h3-5,8-9,16-20H,2,6-7,10-14H2,1H3. The van der Waals surface area contributed by atoms with E-state index >= 15 is 0 Å². The topological polar surface area (TPSA) is 21.3 Å². The zero-order chi connectivity index (χ0) is 14.5. The van der Waals surface area contributed by atoms with E-state index in [1.807, 2.05) is 0 Å². The number of hydrogen-bond acceptors (Lipinski definition) is 2. The van der Waals surface area contributed by atoms with Gasteiger partial charge in [-0.05, 0) is 62.5 Å². The molecular weight excluding hydrogens is 258 g/mol. The van der Waals surface area contributed by atoms with Gasteiger partial charge in [0, 0.05) is 12.6 Å². The van der Waals surface area contributed by atoms with Crippen LogP contribution in [0.4, 0.5) is 0 Å². The average molecular weight is 287 g/mol. The molecule has 0 radical (unpaired) electrons. The van der Waals surface area contributed by atoms with E-state index in [2.05, 4.69) is 42.6 Å². The molecule has 1 heterocycles. The summed E-state index contributed by atoms with van der Waals surface area (Å²) in [5.41, 5.74) is 1.52. The highest BCUT2D eigenvalue weighted by Gasteiger charge is 2.44. The van der Waals surface area contributed by atoms with Gasteiger partial charge < -0.3 is 10.1 Å². The van der Waals surface area contributed by atoms with Crippen LogP contribution in [0.2, 0.25) is 0 Å². The summed E-state index contributed by atoms with van der Waals surface area (Å²) in [4.78, 5) is 0. The van der Waals surface area contributed by atoms with Crippen LogP contribution in [0.15, 0.2) is 30.3 Å². The summed E-state index contributed by atoms with van der Waals surface area (Å²) in [5, 5.41) is 3.80. The van der Waals surface area contributed by atoms with E-state index in [9.17, 15) is 0 Å². The Morgan fingerprint density at radius 3 is 2.81 bits per heavy atom. The number of rotatable bonds is 7. The minimum Gasteiger partial charge on any atom is -0.378 e. The summed E-state index contributed by atoms with van der Waals surface area (Å²) < 4.78 is 5.97. The second-order valence-electron chi connectivity index (χ2n) is 6.70. The summed E-state index contributed by atoms with van der Waals surface area (Å²) in [6.45, 7) is 4.36. The molecule has 1 aliphatic heterocycles. The normalized spacial score (nSPS) is 30.0. The van der Waals surface area contributed by atoms with Crippen molar-refractivity contribution >= 4 is 0 Å².